The average molecular weight is 303 g/mol. The third-order valence-electron chi connectivity index (χ3n) is 2.57. The van der Waals surface area contributed by atoms with Crippen LogP contribution in [0.2, 0.25) is 0 Å². The molecule has 0 saturated heterocycles. The molecule has 0 fully saturated rings. The van der Waals surface area contributed by atoms with E-state index < -0.39 is 25.5 Å². The van der Waals surface area contributed by atoms with Crippen molar-refractivity contribution in [2.45, 2.75) is 17.7 Å². The SMILES string of the molecule is COCCCCNS(=O)(=O)c1cccc(N)c1[N+](=O)[O-]. The maximum absolute atomic E-state index is 12.0. The lowest BCUT2D eigenvalue weighted by Crippen LogP contribution is -2.26. The van der Waals surface area contributed by atoms with Gasteiger partial charge in [-0.05, 0) is 25.0 Å². The fourth-order valence-electron chi connectivity index (χ4n) is 1.61. The largest absolute Gasteiger partial charge is 0.393 e. The smallest absolute Gasteiger partial charge is 0.312 e. The van der Waals surface area contributed by atoms with Crippen molar-refractivity contribution < 1.29 is 18.1 Å². The fraction of sp³-hybridized carbons (Fsp3) is 0.455. The lowest BCUT2D eigenvalue weighted by molar-refractivity contribution is -0.386. The van der Waals surface area contributed by atoms with Gasteiger partial charge >= 0.3 is 5.69 Å². The quantitative estimate of drug-likeness (QED) is 0.318. The summed E-state index contributed by atoms with van der Waals surface area (Å²) >= 11 is 0. The average Bonchev–Trinajstić information content (AvgIpc) is 2.37. The number of nitrogen functional groups attached to an aromatic ring is 1. The van der Waals surface area contributed by atoms with Crippen molar-refractivity contribution in [2.75, 3.05) is 26.0 Å². The molecule has 0 atom stereocenters. The number of nitro groups is 1. The third kappa shape index (κ3) is 4.15. The highest BCUT2D eigenvalue weighted by Crippen LogP contribution is 2.29. The van der Waals surface area contributed by atoms with E-state index in [1.165, 1.54) is 12.1 Å². The Balaban J connectivity index is 2.88. The lowest BCUT2D eigenvalue weighted by Gasteiger charge is -2.08. The molecule has 0 amide bonds. The molecule has 20 heavy (non-hydrogen) atoms. The second kappa shape index (κ2) is 7.17. The van der Waals surface area contributed by atoms with Crippen LogP contribution in [0.3, 0.4) is 0 Å². The molecule has 0 aromatic heterocycles. The first kappa shape index (κ1) is 16.3. The van der Waals surface area contributed by atoms with Crippen LogP contribution in [-0.4, -0.2) is 33.6 Å². The number of unbranched alkanes of at least 4 members (excludes halogenated alkanes) is 1. The van der Waals surface area contributed by atoms with Gasteiger partial charge in [0.05, 0.1) is 4.92 Å². The van der Waals surface area contributed by atoms with E-state index in [4.69, 9.17) is 10.5 Å². The Kier molecular flexibility index (Phi) is 5.86. The minimum Gasteiger partial charge on any atom is -0.393 e. The summed E-state index contributed by atoms with van der Waals surface area (Å²) in [5.74, 6) is 0. The van der Waals surface area contributed by atoms with E-state index in [9.17, 15) is 18.5 Å². The second-order valence-electron chi connectivity index (χ2n) is 4.05. The predicted molar refractivity (Wildman–Crippen MR) is 73.8 cm³/mol. The molecule has 112 valence electrons. The minimum absolute atomic E-state index is 0.178. The van der Waals surface area contributed by atoms with Crippen LogP contribution in [0.1, 0.15) is 12.8 Å². The van der Waals surface area contributed by atoms with Crippen LogP contribution in [0.15, 0.2) is 23.1 Å². The van der Waals surface area contributed by atoms with Crippen molar-refractivity contribution in [3.8, 4) is 0 Å². The van der Waals surface area contributed by atoms with Gasteiger partial charge in [-0.2, -0.15) is 0 Å². The Morgan fingerprint density at radius 2 is 2.10 bits per heavy atom. The number of hydrogen-bond donors (Lipinski definition) is 2. The van der Waals surface area contributed by atoms with Crippen molar-refractivity contribution in [3.05, 3.63) is 28.3 Å². The Morgan fingerprint density at radius 3 is 2.70 bits per heavy atom. The first-order valence-corrected chi connectivity index (χ1v) is 7.40. The normalized spacial score (nSPS) is 11.4. The molecule has 1 aromatic carbocycles. The third-order valence-corrected chi connectivity index (χ3v) is 4.06. The molecule has 8 nitrogen and oxygen atoms in total. The molecule has 1 aromatic rings. The molecule has 0 aliphatic heterocycles. The van der Waals surface area contributed by atoms with E-state index in [-0.39, 0.29) is 12.2 Å². The molecule has 0 spiro atoms. The summed E-state index contributed by atoms with van der Waals surface area (Å²) in [5.41, 5.74) is 4.68. The first-order valence-electron chi connectivity index (χ1n) is 5.91. The number of nitro benzene ring substituents is 1. The van der Waals surface area contributed by atoms with Crippen LogP contribution in [0.4, 0.5) is 11.4 Å². The summed E-state index contributed by atoms with van der Waals surface area (Å²) in [6.07, 6.45) is 1.27. The van der Waals surface area contributed by atoms with Crippen LogP contribution in [0, 0.1) is 10.1 Å². The number of methoxy groups -OCH3 is 1. The fourth-order valence-corrected chi connectivity index (χ4v) is 2.88. The zero-order valence-corrected chi connectivity index (χ0v) is 11.9. The zero-order chi connectivity index (χ0) is 15.2. The van der Waals surface area contributed by atoms with Crippen LogP contribution in [0.25, 0.3) is 0 Å². The van der Waals surface area contributed by atoms with Gasteiger partial charge in [0.15, 0.2) is 4.90 Å². The Morgan fingerprint density at radius 1 is 1.40 bits per heavy atom. The number of para-hydroxylation sites is 1. The molecule has 0 saturated carbocycles. The molecule has 3 N–H and O–H groups in total. The first-order chi connectivity index (χ1) is 9.40. The van der Waals surface area contributed by atoms with Crippen LogP contribution < -0.4 is 10.5 Å². The standard InChI is InChI=1S/C11H17N3O5S/c1-19-8-3-2-7-13-20(17,18)10-6-4-5-9(12)11(10)14(15)16/h4-6,13H,2-3,7-8,12H2,1H3. The van der Waals surface area contributed by atoms with Crippen molar-refractivity contribution in [3.63, 3.8) is 0 Å². The van der Waals surface area contributed by atoms with Crippen LogP contribution in [-0.2, 0) is 14.8 Å². The zero-order valence-electron chi connectivity index (χ0n) is 11.0. The monoisotopic (exact) mass is 303 g/mol. The number of anilines is 1. The highest BCUT2D eigenvalue weighted by molar-refractivity contribution is 7.89. The van der Waals surface area contributed by atoms with Gasteiger partial charge in [0.1, 0.15) is 5.69 Å². The summed E-state index contributed by atoms with van der Waals surface area (Å²) < 4.78 is 31.2. The Labute approximate surface area is 117 Å². The molecular formula is C11H17N3O5S. The van der Waals surface area contributed by atoms with Gasteiger partial charge in [-0.15, -0.1) is 0 Å². The summed E-state index contributed by atoms with van der Waals surface area (Å²) in [6, 6.07) is 3.81. The summed E-state index contributed by atoms with van der Waals surface area (Å²) in [7, 11) is -2.40. The minimum atomic E-state index is -3.96. The summed E-state index contributed by atoms with van der Waals surface area (Å²) in [5, 5.41) is 10.9. The number of sulfonamides is 1. The van der Waals surface area contributed by atoms with Gasteiger partial charge in [-0.25, -0.2) is 13.1 Å². The number of benzene rings is 1. The highest BCUT2D eigenvalue weighted by Gasteiger charge is 2.27. The molecular weight excluding hydrogens is 286 g/mol. The number of nitrogens with two attached hydrogens (primary N) is 1. The van der Waals surface area contributed by atoms with E-state index >= 15 is 0 Å². The van der Waals surface area contributed by atoms with E-state index in [1.807, 2.05) is 0 Å². The number of ether oxygens (including phenoxy) is 1. The van der Waals surface area contributed by atoms with Crippen molar-refractivity contribution in [1.29, 1.82) is 0 Å². The topological polar surface area (TPSA) is 125 Å². The van der Waals surface area contributed by atoms with Crippen molar-refractivity contribution in [1.82, 2.24) is 4.72 Å². The van der Waals surface area contributed by atoms with Gasteiger partial charge in [0.25, 0.3) is 0 Å². The number of hydrogen-bond acceptors (Lipinski definition) is 6. The van der Waals surface area contributed by atoms with Gasteiger partial charge in [-0.1, -0.05) is 6.07 Å². The molecule has 1 rings (SSSR count). The number of nitrogens with zero attached hydrogens (tertiary/aromatic N) is 1. The van der Waals surface area contributed by atoms with Gasteiger partial charge in [0.2, 0.25) is 10.0 Å². The molecule has 0 aliphatic carbocycles. The maximum Gasteiger partial charge on any atom is 0.312 e. The van der Waals surface area contributed by atoms with E-state index in [2.05, 4.69) is 4.72 Å². The number of nitrogens with one attached hydrogen (secondary N) is 1. The summed E-state index contributed by atoms with van der Waals surface area (Å²) in [6.45, 7) is 0.706. The lowest BCUT2D eigenvalue weighted by atomic mass is 10.3. The summed E-state index contributed by atoms with van der Waals surface area (Å²) in [4.78, 5) is 9.70. The Hall–Kier alpha value is -1.71. The molecule has 0 bridgehead atoms. The molecule has 0 radical (unpaired) electrons. The number of rotatable bonds is 8. The van der Waals surface area contributed by atoms with Crippen LogP contribution in [0.5, 0.6) is 0 Å². The van der Waals surface area contributed by atoms with Gasteiger partial charge in [0, 0.05) is 20.3 Å². The van der Waals surface area contributed by atoms with E-state index in [0.717, 1.165) is 6.07 Å². The molecule has 0 aliphatic rings. The van der Waals surface area contributed by atoms with Crippen molar-refractivity contribution in [2.24, 2.45) is 0 Å². The Bertz CT molecular complexity index is 573. The molecule has 0 heterocycles. The van der Waals surface area contributed by atoms with Gasteiger partial charge in [-0.3, -0.25) is 10.1 Å². The molecule has 9 heteroatoms. The second-order valence-corrected chi connectivity index (χ2v) is 5.78. The van der Waals surface area contributed by atoms with Gasteiger partial charge < -0.3 is 10.5 Å². The van der Waals surface area contributed by atoms with E-state index in [1.54, 1.807) is 7.11 Å². The molecule has 0 unspecified atom stereocenters. The highest BCUT2D eigenvalue weighted by atomic mass is 32.2. The van der Waals surface area contributed by atoms with Crippen molar-refractivity contribution >= 4 is 21.4 Å². The van der Waals surface area contributed by atoms with Crippen LogP contribution >= 0.6 is 0 Å². The maximum atomic E-state index is 12.0. The predicted octanol–water partition coefficient (Wildman–Crippen LogP) is 0.882. The van der Waals surface area contributed by atoms with E-state index in [0.29, 0.717) is 19.4 Å².